The van der Waals surface area contributed by atoms with Gasteiger partial charge in [-0.2, -0.15) is 0 Å². The van der Waals surface area contributed by atoms with Gasteiger partial charge in [-0.05, 0) is 18.1 Å². The Balaban J connectivity index is 1.90. The van der Waals surface area contributed by atoms with Gasteiger partial charge in [-0.3, -0.25) is 0 Å². The van der Waals surface area contributed by atoms with Gasteiger partial charge in [0, 0.05) is 12.2 Å². The van der Waals surface area contributed by atoms with Gasteiger partial charge in [0.05, 0.1) is 25.4 Å². The first-order valence-corrected chi connectivity index (χ1v) is 5.46. The van der Waals surface area contributed by atoms with Gasteiger partial charge >= 0.3 is 0 Å². The van der Waals surface area contributed by atoms with Crippen molar-refractivity contribution in [2.45, 2.75) is 18.6 Å². The largest absolute Gasteiger partial charge is 0.388 e. The summed E-state index contributed by atoms with van der Waals surface area (Å²) in [4.78, 5) is 2.28. The van der Waals surface area contributed by atoms with Crippen molar-refractivity contribution < 1.29 is 9.84 Å². The van der Waals surface area contributed by atoms with Gasteiger partial charge in [0.1, 0.15) is 0 Å². The fourth-order valence-corrected chi connectivity index (χ4v) is 2.54. The zero-order valence-corrected chi connectivity index (χ0v) is 8.60. The number of nitrogens with zero attached hydrogens (tertiary/aromatic N) is 1. The second kappa shape index (κ2) is 3.51. The Morgan fingerprint density at radius 1 is 1.27 bits per heavy atom. The standard InChI is InChI=1S/C12H15NO2/c14-12-8-15-7-11(12)13-6-5-9-3-1-2-4-10(9)13/h1-4,11-12,14H,5-8H2/t11-,12+/m1/s1. The lowest BCUT2D eigenvalue weighted by Crippen LogP contribution is -2.42. The molecule has 1 saturated heterocycles. The van der Waals surface area contributed by atoms with E-state index in [2.05, 4.69) is 29.2 Å². The number of aliphatic hydroxyl groups is 1. The van der Waals surface area contributed by atoms with Crippen LogP contribution in [0.2, 0.25) is 0 Å². The molecule has 0 saturated carbocycles. The molecule has 0 unspecified atom stereocenters. The van der Waals surface area contributed by atoms with Crippen molar-refractivity contribution >= 4 is 5.69 Å². The highest BCUT2D eigenvalue weighted by molar-refractivity contribution is 5.58. The number of hydrogen-bond donors (Lipinski definition) is 1. The lowest BCUT2D eigenvalue weighted by Gasteiger charge is -2.27. The van der Waals surface area contributed by atoms with Gasteiger partial charge in [0.2, 0.25) is 0 Å². The van der Waals surface area contributed by atoms with E-state index in [1.807, 2.05) is 0 Å². The maximum atomic E-state index is 9.81. The van der Waals surface area contributed by atoms with Gasteiger partial charge in [-0.25, -0.2) is 0 Å². The van der Waals surface area contributed by atoms with Crippen LogP contribution in [-0.4, -0.2) is 37.0 Å². The number of hydrogen-bond acceptors (Lipinski definition) is 3. The van der Waals surface area contributed by atoms with E-state index in [0.717, 1.165) is 13.0 Å². The molecule has 0 aliphatic carbocycles. The molecule has 80 valence electrons. The Morgan fingerprint density at radius 3 is 2.93 bits per heavy atom. The van der Waals surface area contributed by atoms with E-state index in [9.17, 15) is 5.11 Å². The van der Waals surface area contributed by atoms with Gasteiger partial charge < -0.3 is 14.7 Å². The maximum Gasteiger partial charge on any atom is 0.0998 e. The second-order valence-corrected chi connectivity index (χ2v) is 4.24. The molecule has 2 aliphatic heterocycles. The zero-order chi connectivity index (χ0) is 10.3. The molecule has 2 aliphatic rings. The number of rotatable bonds is 1. The summed E-state index contributed by atoms with van der Waals surface area (Å²) >= 11 is 0. The van der Waals surface area contributed by atoms with Crippen LogP contribution in [0.15, 0.2) is 24.3 Å². The Labute approximate surface area is 89.3 Å². The van der Waals surface area contributed by atoms with Crippen molar-refractivity contribution in [1.82, 2.24) is 0 Å². The van der Waals surface area contributed by atoms with E-state index < -0.39 is 0 Å². The summed E-state index contributed by atoms with van der Waals surface area (Å²) in [5.74, 6) is 0. The molecule has 0 radical (unpaired) electrons. The lowest BCUT2D eigenvalue weighted by molar-refractivity contribution is 0.124. The predicted molar refractivity (Wildman–Crippen MR) is 58.1 cm³/mol. The number of aliphatic hydroxyl groups excluding tert-OH is 1. The van der Waals surface area contributed by atoms with Gasteiger partial charge in [0.25, 0.3) is 0 Å². The molecule has 1 N–H and O–H groups in total. The summed E-state index contributed by atoms with van der Waals surface area (Å²) in [6.45, 7) is 2.13. The third kappa shape index (κ3) is 1.43. The molecule has 2 heterocycles. The molecule has 15 heavy (non-hydrogen) atoms. The third-order valence-corrected chi connectivity index (χ3v) is 3.34. The normalized spacial score (nSPS) is 29.5. The third-order valence-electron chi connectivity index (χ3n) is 3.34. The fraction of sp³-hybridized carbons (Fsp3) is 0.500. The molecule has 0 spiro atoms. The number of para-hydroxylation sites is 1. The van der Waals surface area contributed by atoms with Crippen LogP contribution in [0.25, 0.3) is 0 Å². The Bertz CT molecular complexity index is 366. The molecule has 0 aromatic heterocycles. The predicted octanol–water partition coefficient (Wildman–Crippen LogP) is 0.809. The molecule has 3 nitrogen and oxygen atoms in total. The molecular formula is C12H15NO2. The number of anilines is 1. The highest BCUT2D eigenvalue weighted by Crippen LogP contribution is 2.31. The fourth-order valence-electron chi connectivity index (χ4n) is 2.54. The molecule has 1 aromatic rings. The van der Waals surface area contributed by atoms with Crippen molar-refractivity contribution in [3.8, 4) is 0 Å². The van der Waals surface area contributed by atoms with Crippen molar-refractivity contribution in [3.63, 3.8) is 0 Å². The van der Waals surface area contributed by atoms with Gasteiger partial charge in [0.15, 0.2) is 0 Å². The van der Waals surface area contributed by atoms with E-state index in [4.69, 9.17) is 4.74 Å². The highest BCUT2D eigenvalue weighted by atomic mass is 16.5. The van der Waals surface area contributed by atoms with Crippen LogP contribution in [0.1, 0.15) is 5.56 Å². The zero-order valence-electron chi connectivity index (χ0n) is 8.60. The van der Waals surface area contributed by atoms with Crippen LogP contribution in [0.3, 0.4) is 0 Å². The van der Waals surface area contributed by atoms with Crippen molar-refractivity contribution in [1.29, 1.82) is 0 Å². The molecule has 1 aromatic carbocycles. The Kier molecular flexibility index (Phi) is 2.15. The molecule has 0 amide bonds. The minimum atomic E-state index is -0.337. The van der Waals surface area contributed by atoms with Crippen LogP contribution in [-0.2, 0) is 11.2 Å². The average molecular weight is 205 g/mol. The smallest absolute Gasteiger partial charge is 0.0998 e. The quantitative estimate of drug-likeness (QED) is 0.736. The van der Waals surface area contributed by atoms with Crippen LogP contribution in [0.5, 0.6) is 0 Å². The summed E-state index contributed by atoms with van der Waals surface area (Å²) in [7, 11) is 0. The van der Waals surface area contributed by atoms with E-state index >= 15 is 0 Å². The number of ether oxygens (including phenoxy) is 1. The Morgan fingerprint density at radius 2 is 2.13 bits per heavy atom. The molecule has 1 fully saturated rings. The number of fused-ring (bicyclic) bond motifs is 1. The first-order valence-electron chi connectivity index (χ1n) is 5.46. The molecule has 3 heteroatoms. The summed E-state index contributed by atoms with van der Waals surface area (Å²) in [6, 6.07) is 8.57. The molecule has 3 rings (SSSR count). The van der Waals surface area contributed by atoms with Crippen molar-refractivity contribution in [2.24, 2.45) is 0 Å². The van der Waals surface area contributed by atoms with Crippen LogP contribution in [0, 0.1) is 0 Å². The molecule has 0 bridgehead atoms. The van der Waals surface area contributed by atoms with E-state index in [1.165, 1.54) is 11.3 Å². The first-order chi connectivity index (χ1) is 7.36. The van der Waals surface area contributed by atoms with Crippen LogP contribution < -0.4 is 4.90 Å². The van der Waals surface area contributed by atoms with Crippen molar-refractivity contribution in [2.75, 3.05) is 24.7 Å². The summed E-state index contributed by atoms with van der Waals surface area (Å²) in [5, 5.41) is 9.81. The Hall–Kier alpha value is -1.06. The maximum absolute atomic E-state index is 9.81. The van der Waals surface area contributed by atoms with Crippen LogP contribution in [0.4, 0.5) is 5.69 Å². The average Bonchev–Trinajstić information content (AvgIpc) is 2.83. The van der Waals surface area contributed by atoms with E-state index in [1.54, 1.807) is 0 Å². The van der Waals surface area contributed by atoms with Crippen molar-refractivity contribution in [3.05, 3.63) is 29.8 Å². The number of benzene rings is 1. The lowest BCUT2D eigenvalue weighted by atomic mass is 10.1. The minimum absolute atomic E-state index is 0.147. The van der Waals surface area contributed by atoms with Gasteiger partial charge in [-0.1, -0.05) is 18.2 Å². The molecule has 2 atom stereocenters. The highest BCUT2D eigenvalue weighted by Gasteiger charge is 2.34. The van der Waals surface area contributed by atoms with E-state index in [-0.39, 0.29) is 12.1 Å². The minimum Gasteiger partial charge on any atom is -0.388 e. The summed E-state index contributed by atoms with van der Waals surface area (Å²) in [5.41, 5.74) is 2.66. The summed E-state index contributed by atoms with van der Waals surface area (Å²) in [6.07, 6.45) is 0.746. The second-order valence-electron chi connectivity index (χ2n) is 4.24. The first kappa shape index (κ1) is 9.19. The molecular weight excluding hydrogens is 190 g/mol. The monoisotopic (exact) mass is 205 g/mol. The summed E-state index contributed by atoms with van der Waals surface area (Å²) < 4.78 is 5.31. The van der Waals surface area contributed by atoms with E-state index in [0.29, 0.717) is 13.2 Å². The van der Waals surface area contributed by atoms with Crippen LogP contribution >= 0.6 is 0 Å². The SMILES string of the molecule is O[C@H]1COC[C@H]1N1CCc2ccccc21. The topological polar surface area (TPSA) is 32.7 Å². The van der Waals surface area contributed by atoms with Gasteiger partial charge in [-0.15, -0.1) is 0 Å².